The number of benzene rings is 2. The number of hydrogen-bond acceptors (Lipinski definition) is 5. The van der Waals surface area contributed by atoms with Gasteiger partial charge in [-0.3, -0.25) is 9.79 Å². The molecule has 0 radical (unpaired) electrons. The van der Waals surface area contributed by atoms with Crippen LogP contribution >= 0.6 is 35.1 Å². The van der Waals surface area contributed by atoms with Crippen molar-refractivity contribution in [3.63, 3.8) is 0 Å². The van der Waals surface area contributed by atoms with Gasteiger partial charge in [0.05, 0.1) is 6.54 Å². The van der Waals surface area contributed by atoms with Crippen molar-refractivity contribution in [1.82, 2.24) is 0 Å². The number of aryl methyl sites for hydroxylation is 1. The van der Waals surface area contributed by atoms with Gasteiger partial charge in [0.2, 0.25) is 0 Å². The number of furan rings is 1. The number of fused-ring (bicyclic) bond motifs is 1. The Morgan fingerprint density at radius 3 is 2.96 bits per heavy atom. The summed E-state index contributed by atoms with van der Waals surface area (Å²) in [4.78, 5) is 17.4. The van der Waals surface area contributed by atoms with Gasteiger partial charge in [-0.05, 0) is 30.7 Å². The molecular formula is C20H17ClN2O2S2. The summed E-state index contributed by atoms with van der Waals surface area (Å²) in [6.45, 7) is 2.78. The molecule has 0 fully saturated rings. The Morgan fingerprint density at radius 1 is 1.33 bits per heavy atom. The third kappa shape index (κ3) is 4.03. The molecule has 0 atom stereocenters. The lowest BCUT2D eigenvalue weighted by atomic mass is 10.1. The molecule has 7 heteroatoms. The molecule has 1 aromatic heterocycles. The summed E-state index contributed by atoms with van der Waals surface area (Å²) in [6, 6.07) is 13.2. The number of aliphatic imine (C=N–C) groups is 1. The van der Waals surface area contributed by atoms with E-state index in [0.29, 0.717) is 27.8 Å². The fourth-order valence-corrected chi connectivity index (χ4v) is 5.04. The predicted octanol–water partition coefficient (Wildman–Crippen LogP) is 5.98. The molecule has 0 bridgehead atoms. The van der Waals surface area contributed by atoms with Crippen molar-refractivity contribution < 1.29 is 9.21 Å². The minimum atomic E-state index is -0.275. The first-order valence-electron chi connectivity index (χ1n) is 8.50. The van der Waals surface area contributed by atoms with Crippen molar-refractivity contribution in [3.05, 3.63) is 64.4 Å². The van der Waals surface area contributed by atoms with Crippen molar-refractivity contribution in [2.45, 2.75) is 12.7 Å². The molecular weight excluding hydrogens is 400 g/mol. The summed E-state index contributed by atoms with van der Waals surface area (Å²) in [5.74, 6) is 1.72. The Bertz CT molecular complexity index is 1050. The van der Waals surface area contributed by atoms with Crippen molar-refractivity contribution >= 4 is 62.1 Å². The quantitative estimate of drug-likeness (QED) is 0.568. The Morgan fingerprint density at radius 2 is 2.19 bits per heavy atom. The van der Waals surface area contributed by atoms with Gasteiger partial charge in [0.25, 0.3) is 5.91 Å². The molecule has 1 amide bonds. The number of hydrogen-bond donors (Lipinski definition) is 1. The summed E-state index contributed by atoms with van der Waals surface area (Å²) in [6.07, 6.45) is 0. The van der Waals surface area contributed by atoms with Crippen molar-refractivity contribution in [1.29, 1.82) is 0 Å². The first-order valence-corrected chi connectivity index (χ1v) is 10.8. The van der Waals surface area contributed by atoms with Crippen LogP contribution in [0.25, 0.3) is 11.0 Å². The Hall–Kier alpha value is -1.89. The van der Waals surface area contributed by atoms with Gasteiger partial charge >= 0.3 is 0 Å². The lowest BCUT2D eigenvalue weighted by Crippen LogP contribution is -2.13. The van der Waals surface area contributed by atoms with Gasteiger partial charge < -0.3 is 9.73 Å². The van der Waals surface area contributed by atoms with E-state index in [2.05, 4.69) is 10.3 Å². The predicted molar refractivity (Wildman–Crippen MR) is 116 cm³/mol. The van der Waals surface area contributed by atoms with Gasteiger partial charge in [0.15, 0.2) is 5.76 Å². The zero-order chi connectivity index (χ0) is 18.8. The molecule has 3 aromatic rings. The highest BCUT2D eigenvalue weighted by atomic mass is 35.5. The molecule has 4 rings (SSSR count). The second-order valence-electron chi connectivity index (χ2n) is 6.11. The van der Waals surface area contributed by atoms with Crippen LogP contribution in [-0.4, -0.2) is 22.6 Å². The number of anilines is 1. The maximum atomic E-state index is 12.9. The molecule has 0 saturated heterocycles. The molecule has 2 aromatic carbocycles. The van der Waals surface area contributed by atoms with Gasteiger partial charge in [0.1, 0.15) is 9.96 Å². The van der Waals surface area contributed by atoms with Gasteiger partial charge in [0, 0.05) is 33.2 Å². The average molecular weight is 417 g/mol. The number of nitrogens with zero attached hydrogens (tertiary/aromatic N) is 1. The Kier molecular flexibility index (Phi) is 5.48. The molecule has 138 valence electrons. The number of amides is 1. The monoisotopic (exact) mass is 416 g/mol. The first kappa shape index (κ1) is 18.5. The highest BCUT2D eigenvalue weighted by Crippen LogP contribution is 2.33. The van der Waals surface area contributed by atoms with E-state index < -0.39 is 0 Å². The number of thioether (sulfide) groups is 2. The lowest BCUT2D eigenvalue weighted by Gasteiger charge is -2.07. The summed E-state index contributed by atoms with van der Waals surface area (Å²) in [5.41, 5.74) is 3.21. The lowest BCUT2D eigenvalue weighted by molar-refractivity contribution is 0.0998. The van der Waals surface area contributed by atoms with Crippen molar-refractivity contribution in [2.75, 3.05) is 17.6 Å². The minimum Gasteiger partial charge on any atom is -0.451 e. The van der Waals surface area contributed by atoms with Crippen LogP contribution in [0.2, 0.25) is 5.02 Å². The first-order chi connectivity index (χ1) is 13.1. The number of para-hydroxylation sites is 1. The Balaban J connectivity index is 1.63. The van der Waals surface area contributed by atoms with Crippen molar-refractivity contribution in [3.8, 4) is 0 Å². The van der Waals surface area contributed by atoms with Gasteiger partial charge in [-0.25, -0.2) is 0 Å². The number of carbonyl (C=O) groups is 1. The van der Waals surface area contributed by atoms with E-state index in [1.54, 1.807) is 29.6 Å². The van der Waals surface area contributed by atoms with E-state index in [4.69, 9.17) is 16.0 Å². The summed E-state index contributed by atoms with van der Waals surface area (Å²) < 4.78 is 6.96. The van der Waals surface area contributed by atoms with Crippen LogP contribution < -0.4 is 5.32 Å². The van der Waals surface area contributed by atoms with E-state index in [0.717, 1.165) is 33.2 Å². The van der Waals surface area contributed by atoms with Crippen LogP contribution in [0.15, 0.2) is 51.9 Å². The second kappa shape index (κ2) is 8.00. The third-order valence-electron chi connectivity index (χ3n) is 4.23. The molecule has 2 heterocycles. The summed E-state index contributed by atoms with van der Waals surface area (Å²) in [5, 5.41) is 4.47. The molecule has 0 saturated carbocycles. The molecule has 1 aliphatic heterocycles. The molecule has 1 N–H and O–H groups in total. The fourth-order valence-electron chi connectivity index (χ4n) is 2.82. The van der Waals surface area contributed by atoms with Gasteiger partial charge in [-0.15, -0.1) is 0 Å². The topological polar surface area (TPSA) is 54.6 Å². The van der Waals surface area contributed by atoms with E-state index in [1.165, 1.54) is 0 Å². The number of rotatable bonds is 4. The number of carbonyl (C=O) groups excluding carboxylic acids is 1. The van der Waals surface area contributed by atoms with Crippen molar-refractivity contribution in [2.24, 2.45) is 4.99 Å². The smallest absolute Gasteiger partial charge is 0.291 e. The summed E-state index contributed by atoms with van der Waals surface area (Å²) in [7, 11) is 0. The summed E-state index contributed by atoms with van der Waals surface area (Å²) >= 11 is 9.57. The molecule has 1 aliphatic rings. The van der Waals surface area contributed by atoms with E-state index in [-0.39, 0.29) is 5.91 Å². The molecule has 0 aliphatic carbocycles. The average Bonchev–Trinajstić information content (AvgIpc) is 3.30. The molecule has 0 unspecified atom stereocenters. The Labute approximate surface area is 170 Å². The zero-order valence-electron chi connectivity index (χ0n) is 14.6. The van der Waals surface area contributed by atoms with Crippen LogP contribution in [0.1, 0.15) is 21.7 Å². The van der Waals surface area contributed by atoms with Crippen LogP contribution in [0.4, 0.5) is 5.69 Å². The normalized spacial score (nSPS) is 13.8. The zero-order valence-corrected chi connectivity index (χ0v) is 17.0. The minimum absolute atomic E-state index is 0.275. The largest absolute Gasteiger partial charge is 0.451 e. The highest BCUT2D eigenvalue weighted by molar-refractivity contribution is 8.38. The standard InChI is InChI=1S/C20H17ClN2O2S2/c1-12-6-7-13(10-16(12)21)23-19(24)18-15(11-27-20-22-8-9-26-20)14-4-2-3-5-17(14)25-18/h2-7,10H,8-9,11H2,1H3,(H,23,24). The van der Waals surface area contributed by atoms with Crippen LogP contribution in [0, 0.1) is 6.92 Å². The van der Waals surface area contributed by atoms with E-state index in [9.17, 15) is 4.79 Å². The molecule has 4 nitrogen and oxygen atoms in total. The fraction of sp³-hybridized carbons (Fsp3) is 0.200. The van der Waals surface area contributed by atoms with Gasteiger partial charge in [-0.2, -0.15) is 0 Å². The van der Waals surface area contributed by atoms with Crippen LogP contribution in [0.5, 0.6) is 0 Å². The SMILES string of the molecule is Cc1ccc(NC(=O)c2oc3ccccc3c2CSC2=NCCS2)cc1Cl. The maximum Gasteiger partial charge on any atom is 0.291 e. The number of halogens is 1. The van der Waals surface area contributed by atoms with Crippen LogP contribution in [-0.2, 0) is 5.75 Å². The van der Waals surface area contributed by atoms with Gasteiger partial charge in [-0.1, -0.05) is 59.4 Å². The maximum absolute atomic E-state index is 12.9. The second-order valence-corrected chi connectivity index (χ2v) is 8.82. The third-order valence-corrected chi connectivity index (χ3v) is 6.92. The molecule has 27 heavy (non-hydrogen) atoms. The van der Waals surface area contributed by atoms with E-state index in [1.807, 2.05) is 43.3 Å². The number of nitrogens with one attached hydrogen (secondary N) is 1. The van der Waals surface area contributed by atoms with E-state index >= 15 is 0 Å². The van der Waals surface area contributed by atoms with Crippen LogP contribution in [0.3, 0.4) is 0 Å². The molecule has 0 spiro atoms. The highest BCUT2D eigenvalue weighted by Gasteiger charge is 2.22.